The highest BCUT2D eigenvalue weighted by Crippen LogP contribution is 2.29. The van der Waals surface area contributed by atoms with E-state index in [9.17, 15) is 4.79 Å². The summed E-state index contributed by atoms with van der Waals surface area (Å²) in [6, 6.07) is 16.7. The van der Waals surface area contributed by atoms with E-state index in [2.05, 4.69) is 48.1 Å². The van der Waals surface area contributed by atoms with Crippen LogP contribution in [-0.4, -0.2) is 18.8 Å². The van der Waals surface area contributed by atoms with Crippen LogP contribution in [0.1, 0.15) is 49.3 Å². The van der Waals surface area contributed by atoms with Crippen LogP contribution in [0, 0.1) is 0 Å². The Bertz CT molecular complexity index is 897. The molecule has 0 unspecified atom stereocenters. The number of carbonyl (C=O) groups is 1. The summed E-state index contributed by atoms with van der Waals surface area (Å²) in [7, 11) is 1.41. The largest absolute Gasteiger partial charge is 0.489 e. The number of esters is 1. The summed E-state index contributed by atoms with van der Waals surface area (Å²) >= 11 is 1.54. The maximum absolute atomic E-state index is 11.2. The molecule has 3 rings (SSSR count). The first-order valence-corrected chi connectivity index (χ1v) is 11.7. The van der Waals surface area contributed by atoms with E-state index in [1.54, 1.807) is 17.3 Å². The summed E-state index contributed by atoms with van der Waals surface area (Å²) < 4.78 is 10.7. The second kappa shape index (κ2) is 11.7. The van der Waals surface area contributed by atoms with Crippen molar-refractivity contribution in [1.82, 2.24) is 0 Å². The fourth-order valence-corrected chi connectivity index (χ4v) is 4.27. The van der Waals surface area contributed by atoms with Gasteiger partial charge in [0, 0.05) is 5.75 Å². The highest BCUT2D eigenvalue weighted by atomic mass is 32.2. The van der Waals surface area contributed by atoms with Crippen LogP contribution in [-0.2, 0) is 21.9 Å². The lowest BCUT2D eigenvalue weighted by atomic mass is 9.91. The fourth-order valence-electron chi connectivity index (χ4n) is 3.47. The normalized spacial score (nSPS) is 13.4. The number of thioether (sulfide) groups is 1. The summed E-state index contributed by atoms with van der Waals surface area (Å²) in [4.78, 5) is 11.2. The van der Waals surface area contributed by atoms with Crippen LogP contribution < -0.4 is 4.74 Å². The predicted molar refractivity (Wildman–Crippen MR) is 126 cm³/mol. The highest BCUT2D eigenvalue weighted by molar-refractivity contribution is 7.99. The molecule has 1 aliphatic carbocycles. The van der Waals surface area contributed by atoms with Crippen LogP contribution in [0.3, 0.4) is 0 Å². The average Bonchev–Trinajstić information content (AvgIpc) is 2.79. The fraction of sp³-hybridized carbons (Fsp3) is 0.346. The minimum atomic E-state index is -0.197. The van der Waals surface area contributed by atoms with Crippen LogP contribution in [0.25, 0.3) is 5.57 Å². The van der Waals surface area contributed by atoms with Gasteiger partial charge in [-0.1, -0.05) is 67.5 Å². The Morgan fingerprint density at radius 1 is 1.03 bits per heavy atom. The van der Waals surface area contributed by atoms with Crippen LogP contribution in [0.15, 0.2) is 66.3 Å². The smallest absolute Gasteiger partial charge is 0.315 e. The van der Waals surface area contributed by atoms with E-state index >= 15 is 0 Å². The molecule has 0 heterocycles. The Balaban J connectivity index is 1.52. The average molecular weight is 423 g/mol. The number of carbonyl (C=O) groups excluding carboxylic acids is 1. The molecule has 158 valence electrons. The van der Waals surface area contributed by atoms with E-state index in [1.807, 2.05) is 24.3 Å². The van der Waals surface area contributed by atoms with Crippen molar-refractivity contribution in [2.45, 2.75) is 45.0 Å². The number of hydrogen-bond acceptors (Lipinski definition) is 4. The molecule has 0 amide bonds. The molecule has 4 heteroatoms. The standard InChI is InChI=1S/C26H30O3S/c1-3-5-20-8-12-23(13-9-20)24-14-10-21(11-15-24)17-29-25-7-4-6-22(16-25)18-30-19-26(27)28-2/h4,6-8,10-12,14-16H,3,5,9,13,17-19H2,1-2H3. The van der Waals surface area contributed by atoms with Crippen LogP contribution >= 0.6 is 11.8 Å². The van der Waals surface area contributed by atoms with E-state index in [4.69, 9.17) is 4.74 Å². The number of allylic oxidation sites excluding steroid dienone is 4. The molecule has 0 N–H and O–H groups in total. The zero-order valence-corrected chi connectivity index (χ0v) is 18.7. The molecule has 2 aromatic rings. The monoisotopic (exact) mass is 422 g/mol. The number of hydrogen-bond donors (Lipinski definition) is 0. The lowest BCUT2D eigenvalue weighted by Gasteiger charge is -2.15. The van der Waals surface area contributed by atoms with E-state index in [1.165, 1.54) is 37.5 Å². The minimum Gasteiger partial charge on any atom is -0.489 e. The number of benzene rings is 2. The molecular weight excluding hydrogens is 392 g/mol. The molecular formula is C26H30O3S. The molecule has 2 aromatic carbocycles. The van der Waals surface area contributed by atoms with Gasteiger partial charge < -0.3 is 9.47 Å². The van der Waals surface area contributed by atoms with Gasteiger partial charge in [0.2, 0.25) is 0 Å². The summed E-state index contributed by atoms with van der Waals surface area (Å²) in [5, 5.41) is 0. The van der Waals surface area contributed by atoms with Crippen molar-refractivity contribution in [1.29, 1.82) is 0 Å². The lowest BCUT2D eigenvalue weighted by Crippen LogP contribution is -2.03. The van der Waals surface area contributed by atoms with Crippen molar-refractivity contribution >= 4 is 23.3 Å². The third-order valence-corrected chi connectivity index (χ3v) is 6.13. The highest BCUT2D eigenvalue weighted by Gasteiger charge is 2.08. The quantitative estimate of drug-likeness (QED) is 0.405. The second-order valence-corrected chi connectivity index (χ2v) is 8.45. The van der Waals surface area contributed by atoms with Gasteiger partial charge in [-0.05, 0) is 53.7 Å². The summed E-state index contributed by atoms with van der Waals surface area (Å²) in [6.07, 6.45) is 9.32. The Labute approximate surface area is 184 Å². The van der Waals surface area contributed by atoms with Crippen LogP contribution in [0.4, 0.5) is 0 Å². The summed E-state index contributed by atoms with van der Waals surface area (Å²) in [6.45, 7) is 2.78. The third kappa shape index (κ3) is 6.81. The maximum Gasteiger partial charge on any atom is 0.315 e. The predicted octanol–water partition coefficient (Wildman–Crippen LogP) is 6.58. The van der Waals surface area contributed by atoms with Gasteiger partial charge in [-0.25, -0.2) is 0 Å². The molecule has 1 aliphatic rings. The molecule has 0 spiro atoms. The molecule has 0 saturated heterocycles. The Kier molecular flexibility index (Phi) is 8.64. The first-order chi connectivity index (χ1) is 14.7. The van der Waals surface area contributed by atoms with Crippen molar-refractivity contribution in [3.63, 3.8) is 0 Å². The van der Waals surface area contributed by atoms with Gasteiger partial charge in [0.25, 0.3) is 0 Å². The van der Waals surface area contributed by atoms with Gasteiger partial charge in [-0.15, -0.1) is 11.8 Å². The van der Waals surface area contributed by atoms with E-state index in [-0.39, 0.29) is 5.97 Å². The first-order valence-electron chi connectivity index (χ1n) is 10.5. The van der Waals surface area contributed by atoms with Gasteiger partial charge >= 0.3 is 5.97 Å². The molecule has 0 saturated carbocycles. The molecule has 0 fully saturated rings. The molecule has 3 nitrogen and oxygen atoms in total. The zero-order chi connectivity index (χ0) is 21.2. The number of rotatable bonds is 10. The summed E-state index contributed by atoms with van der Waals surface area (Å²) in [5.41, 5.74) is 6.58. The molecule has 0 aliphatic heterocycles. The first kappa shape index (κ1) is 22.2. The van der Waals surface area contributed by atoms with Gasteiger partial charge in [0.15, 0.2) is 0 Å². The van der Waals surface area contributed by atoms with Crippen molar-refractivity contribution < 1.29 is 14.3 Å². The Morgan fingerprint density at radius 3 is 2.57 bits per heavy atom. The molecule has 0 atom stereocenters. The van der Waals surface area contributed by atoms with Gasteiger partial charge in [0.05, 0.1) is 12.9 Å². The minimum absolute atomic E-state index is 0.197. The van der Waals surface area contributed by atoms with Crippen LogP contribution in [0.5, 0.6) is 5.75 Å². The van der Waals surface area contributed by atoms with Crippen molar-refractivity contribution in [3.8, 4) is 5.75 Å². The molecule has 30 heavy (non-hydrogen) atoms. The van der Waals surface area contributed by atoms with Gasteiger partial charge in [-0.3, -0.25) is 4.79 Å². The second-order valence-electron chi connectivity index (χ2n) is 7.47. The van der Waals surface area contributed by atoms with Gasteiger partial charge in [0.1, 0.15) is 12.4 Å². The summed E-state index contributed by atoms with van der Waals surface area (Å²) in [5.74, 6) is 1.76. The van der Waals surface area contributed by atoms with E-state index in [0.717, 1.165) is 29.1 Å². The number of methoxy groups -OCH3 is 1. The van der Waals surface area contributed by atoms with Crippen molar-refractivity contribution in [2.24, 2.45) is 0 Å². The van der Waals surface area contributed by atoms with E-state index in [0.29, 0.717) is 12.4 Å². The third-order valence-electron chi connectivity index (χ3n) is 5.15. The van der Waals surface area contributed by atoms with E-state index < -0.39 is 0 Å². The zero-order valence-electron chi connectivity index (χ0n) is 17.9. The van der Waals surface area contributed by atoms with Crippen molar-refractivity contribution in [2.75, 3.05) is 12.9 Å². The molecule has 0 radical (unpaired) electrons. The lowest BCUT2D eigenvalue weighted by molar-refractivity contribution is -0.137. The number of ether oxygens (including phenoxy) is 2. The molecule has 0 aromatic heterocycles. The van der Waals surface area contributed by atoms with Crippen LogP contribution in [0.2, 0.25) is 0 Å². The van der Waals surface area contributed by atoms with Gasteiger partial charge in [-0.2, -0.15) is 0 Å². The Morgan fingerprint density at radius 2 is 1.87 bits per heavy atom. The topological polar surface area (TPSA) is 35.5 Å². The Hall–Kier alpha value is -2.46. The molecule has 0 bridgehead atoms. The van der Waals surface area contributed by atoms with Crippen molar-refractivity contribution in [3.05, 3.63) is 82.9 Å². The SMILES string of the molecule is CCCC1=CC=C(c2ccc(COc3cccc(CSCC(=O)OC)c3)cc2)CC1. The maximum atomic E-state index is 11.2.